The number of hydrogen-bond acceptors (Lipinski definition) is 5. The molecule has 30 heavy (non-hydrogen) atoms. The third-order valence-corrected chi connectivity index (χ3v) is 9.41. The van der Waals surface area contributed by atoms with E-state index in [-0.39, 0.29) is 5.41 Å². The molecule has 0 aromatic heterocycles. The summed E-state index contributed by atoms with van der Waals surface area (Å²) in [6.07, 6.45) is 12.9. The van der Waals surface area contributed by atoms with Gasteiger partial charge in [0.15, 0.2) is 0 Å². The molecule has 0 heterocycles. The van der Waals surface area contributed by atoms with Gasteiger partial charge in [0.1, 0.15) is 18.1 Å². The van der Waals surface area contributed by atoms with Gasteiger partial charge in [-0.2, -0.15) is 0 Å². The molecule has 4 fully saturated rings. The minimum absolute atomic E-state index is 0.0116. The Morgan fingerprint density at radius 1 is 1.17 bits per heavy atom. The average molecular weight is 417 g/mol. The Labute approximate surface area is 182 Å². The molecular formula is C25H40N2O3. The normalized spacial score (nSPS) is 42.3. The lowest BCUT2D eigenvalue weighted by molar-refractivity contribution is -0.137. The van der Waals surface area contributed by atoms with E-state index in [0.717, 1.165) is 62.0 Å². The fourth-order valence-corrected chi connectivity index (χ4v) is 7.59. The van der Waals surface area contributed by atoms with Crippen LogP contribution in [-0.2, 0) is 14.4 Å². The monoisotopic (exact) mass is 416 g/mol. The van der Waals surface area contributed by atoms with Crippen LogP contribution in [0.3, 0.4) is 0 Å². The number of ether oxygens (including phenoxy) is 1. The first kappa shape index (κ1) is 21.7. The highest BCUT2D eigenvalue weighted by Crippen LogP contribution is 2.65. The first-order valence-electron chi connectivity index (χ1n) is 12.0. The van der Waals surface area contributed by atoms with Crippen molar-refractivity contribution < 1.29 is 14.4 Å². The van der Waals surface area contributed by atoms with Crippen molar-refractivity contribution in [3.8, 4) is 0 Å². The SMILES string of the molecule is CN/C=C(/CCO/N=C1/CC[C@@]2(C)C(CCC3C2CC[C@]2(C)C(=O)CCC32)C1)OC. The van der Waals surface area contributed by atoms with Gasteiger partial charge in [0.2, 0.25) is 0 Å². The van der Waals surface area contributed by atoms with Gasteiger partial charge in [-0.25, -0.2) is 0 Å². The van der Waals surface area contributed by atoms with Crippen molar-refractivity contribution >= 4 is 11.5 Å². The maximum absolute atomic E-state index is 12.6. The number of rotatable bonds is 6. The van der Waals surface area contributed by atoms with E-state index in [0.29, 0.717) is 23.7 Å². The Morgan fingerprint density at radius 2 is 2.00 bits per heavy atom. The van der Waals surface area contributed by atoms with Gasteiger partial charge in [-0.3, -0.25) is 4.79 Å². The van der Waals surface area contributed by atoms with Crippen LogP contribution in [0.1, 0.15) is 78.1 Å². The second-order valence-corrected chi connectivity index (χ2v) is 10.6. The summed E-state index contributed by atoms with van der Waals surface area (Å²) in [5.41, 5.74) is 1.64. The average Bonchev–Trinajstić information content (AvgIpc) is 3.05. The zero-order valence-electron chi connectivity index (χ0n) is 19.3. The molecule has 0 aromatic carbocycles. The third kappa shape index (κ3) is 3.67. The van der Waals surface area contributed by atoms with Crippen molar-refractivity contribution in [1.29, 1.82) is 0 Å². The molecule has 0 saturated heterocycles. The summed E-state index contributed by atoms with van der Waals surface area (Å²) < 4.78 is 5.31. The molecule has 4 unspecified atom stereocenters. The van der Waals surface area contributed by atoms with Crippen LogP contribution >= 0.6 is 0 Å². The van der Waals surface area contributed by atoms with E-state index in [9.17, 15) is 4.79 Å². The maximum atomic E-state index is 12.6. The number of Topliss-reactive ketones (excluding diaryl/α,β-unsaturated/α-hetero) is 1. The molecule has 0 spiro atoms. The molecular weight excluding hydrogens is 376 g/mol. The van der Waals surface area contributed by atoms with Crippen molar-refractivity contribution in [2.24, 2.45) is 39.7 Å². The molecule has 0 radical (unpaired) electrons. The van der Waals surface area contributed by atoms with Crippen LogP contribution in [0.2, 0.25) is 0 Å². The molecule has 1 N–H and O–H groups in total. The van der Waals surface area contributed by atoms with E-state index < -0.39 is 0 Å². The van der Waals surface area contributed by atoms with Crippen LogP contribution in [0.25, 0.3) is 0 Å². The van der Waals surface area contributed by atoms with E-state index >= 15 is 0 Å². The summed E-state index contributed by atoms with van der Waals surface area (Å²) in [5.74, 6) is 4.34. The first-order valence-corrected chi connectivity index (χ1v) is 12.0. The quantitative estimate of drug-likeness (QED) is 0.373. The van der Waals surface area contributed by atoms with Crippen LogP contribution < -0.4 is 5.32 Å². The predicted octanol–water partition coefficient (Wildman–Crippen LogP) is 5.07. The van der Waals surface area contributed by atoms with E-state index in [2.05, 4.69) is 24.3 Å². The lowest BCUT2D eigenvalue weighted by Crippen LogP contribution is -2.53. The Morgan fingerprint density at radius 3 is 2.77 bits per heavy atom. The molecule has 6 atom stereocenters. The van der Waals surface area contributed by atoms with Crippen molar-refractivity contribution in [1.82, 2.24) is 5.32 Å². The number of nitrogens with one attached hydrogen (secondary N) is 1. The summed E-state index contributed by atoms with van der Waals surface area (Å²) in [6.45, 7) is 5.38. The van der Waals surface area contributed by atoms with Crippen LogP contribution in [0.15, 0.2) is 17.1 Å². The molecule has 0 bridgehead atoms. The predicted molar refractivity (Wildman–Crippen MR) is 119 cm³/mol. The first-order chi connectivity index (χ1) is 14.4. The van der Waals surface area contributed by atoms with Gasteiger partial charge >= 0.3 is 0 Å². The molecule has 168 valence electrons. The van der Waals surface area contributed by atoms with Gasteiger partial charge in [-0.05, 0) is 80.5 Å². The topological polar surface area (TPSA) is 59.9 Å². The highest BCUT2D eigenvalue weighted by Gasteiger charge is 2.60. The second-order valence-electron chi connectivity index (χ2n) is 10.6. The number of oxime groups is 1. The minimum atomic E-state index is -0.0116. The fourth-order valence-electron chi connectivity index (χ4n) is 7.59. The van der Waals surface area contributed by atoms with Crippen molar-refractivity contribution in [3.05, 3.63) is 12.0 Å². The number of carbonyl (C=O) groups is 1. The largest absolute Gasteiger partial charge is 0.499 e. The number of fused-ring (bicyclic) bond motifs is 5. The molecule has 4 aliphatic rings. The lowest BCUT2D eigenvalue weighted by Gasteiger charge is -2.59. The standard InChI is InChI=1S/C25H40N2O3/c1-24-12-9-18(27-30-14-11-19(29-4)16-26-3)15-17(24)5-6-20-21-7-8-23(28)25(21,2)13-10-22(20)24/h16-17,20-22,26H,5-15H2,1-4H3/b19-16-,27-18-/t17?,20?,21?,22?,24-,25-/m0/s1. The summed E-state index contributed by atoms with van der Waals surface area (Å²) >= 11 is 0. The van der Waals surface area contributed by atoms with E-state index in [1.165, 1.54) is 31.4 Å². The molecule has 0 amide bonds. The van der Waals surface area contributed by atoms with Crippen molar-refractivity contribution in [2.75, 3.05) is 20.8 Å². The smallest absolute Gasteiger partial charge is 0.139 e. The van der Waals surface area contributed by atoms with Crippen LogP contribution in [0.5, 0.6) is 0 Å². The minimum Gasteiger partial charge on any atom is -0.499 e. The third-order valence-electron chi connectivity index (χ3n) is 9.41. The van der Waals surface area contributed by atoms with Gasteiger partial charge in [-0.1, -0.05) is 19.0 Å². The van der Waals surface area contributed by atoms with E-state index in [1.807, 2.05) is 13.2 Å². The van der Waals surface area contributed by atoms with Gasteiger partial charge < -0.3 is 14.9 Å². The van der Waals surface area contributed by atoms with Crippen molar-refractivity contribution in [3.63, 3.8) is 0 Å². The summed E-state index contributed by atoms with van der Waals surface area (Å²) in [6, 6.07) is 0. The van der Waals surface area contributed by atoms with Gasteiger partial charge in [0.25, 0.3) is 0 Å². The summed E-state index contributed by atoms with van der Waals surface area (Å²) in [7, 11) is 3.55. The van der Waals surface area contributed by atoms with Gasteiger partial charge in [-0.15, -0.1) is 0 Å². The molecule has 4 saturated carbocycles. The van der Waals surface area contributed by atoms with Gasteiger partial charge in [0, 0.05) is 31.5 Å². The highest BCUT2D eigenvalue weighted by molar-refractivity contribution is 5.87. The van der Waals surface area contributed by atoms with E-state index in [4.69, 9.17) is 9.57 Å². The van der Waals surface area contributed by atoms with Crippen LogP contribution in [-0.4, -0.2) is 32.3 Å². The Balaban J connectivity index is 1.37. The van der Waals surface area contributed by atoms with Crippen LogP contribution in [0.4, 0.5) is 0 Å². The fraction of sp³-hybridized carbons (Fsp3) is 0.840. The zero-order chi connectivity index (χ0) is 21.4. The van der Waals surface area contributed by atoms with Crippen LogP contribution in [0, 0.1) is 34.5 Å². The molecule has 5 heteroatoms. The Kier molecular flexibility index (Phi) is 6.18. The lowest BCUT2D eigenvalue weighted by atomic mass is 9.45. The number of carbonyl (C=O) groups excluding carboxylic acids is 1. The Bertz CT molecular complexity index is 717. The van der Waals surface area contributed by atoms with Crippen molar-refractivity contribution in [2.45, 2.75) is 78.1 Å². The molecule has 5 nitrogen and oxygen atoms in total. The van der Waals surface area contributed by atoms with Gasteiger partial charge in [0.05, 0.1) is 12.8 Å². The molecule has 0 aliphatic heterocycles. The summed E-state index contributed by atoms with van der Waals surface area (Å²) in [4.78, 5) is 18.2. The number of nitrogens with zero attached hydrogens (tertiary/aromatic N) is 1. The zero-order valence-corrected chi connectivity index (χ0v) is 19.3. The number of methoxy groups -OCH3 is 1. The number of ketones is 1. The maximum Gasteiger partial charge on any atom is 0.139 e. The number of hydrogen-bond donors (Lipinski definition) is 1. The molecule has 0 aromatic rings. The molecule has 4 aliphatic carbocycles. The second kappa shape index (κ2) is 8.55. The highest BCUT2D eigenvalue weighted by atomic mass is 16.6. The van der Waals surface area contributed by atoms with E-state index in [1.54, 1.807) is 7.11 Å². The summed E-state index contributed by atoms with van der Waals surface area (Å²) in [5, 5.41) is 7.51. The molecule has 4 rings (SSSR count). The Hall–Kier alpha value is -1.52.